The molecule has 6 nitrogen and oxygen atoms in total. The van der Waals surface area contributed by atoms with Gasteiger partial charge >= 0.3 is 0 Å². The van der Waals surface area contributed by atoms with E-state index in [0.29, 0.717) is 18.8 Å². The van der Waals surface area contributed by atoms with E-state index in [-0.39, 0.29) is 23.3 Å². The highest BCUT2D eigenvalue weighted by molar-refractivity contribution is 5.99. The fourth-order valence-corrected chi connectivity index (χ4v) is 4.61. The van der Waals surface area contributed by atoms with Crippen molar-refractivity contribution in [3.63, 3.8) is 0 Å². The summed E-state index contributed by atoms with van der Waals surface area (Å²) in [5, 5.41) is 7.99. The van der Waals surface area contributed by atoms with Crippen LogP contribution in [0, 0.1) is 0 Å². The molecule has 0 saturated heterocycles. The molecule has 6 heteroatoms. The number of hydrogen-bond donors (Lipinski definition) is 1. The Bertz CT molecular complexity index is 954. The Kier molecular flexibility index (Phi) is 5.67. The van der Waals surface area contributed by atoms with Crippen molar-refractivity contribution >= 4 is 11.8 Å². The lowest BCUT2D eigenvalue weighted by molar-refractivity contribution is -0.134. The average molecular weight is 423 g/mol. The van der Waals surface area contributed by atoms with Crippen molar-refractivity contribution in [2.24, 2.45) is 0 Å². The maximum Gasteiger partial charge on any atom is 0.273 e. The van der Waals surface area contributed by atoms with Crippen molar-refractivity contribution in [1.29, 1.82) is 0 Å². The first kappa shape index (κ1) is 21.6. The van der Waals surface area contributed by atoms with E-state index >= 15 is 0 Å². The fraction of sp³-hybridized carbons (Fsp3) is 0.560. The van der Waals surface area contributed by atoms with Gasteiger partial charge in [-0.15, -0.1) is 0 Å². The van der Waals surface area contributed by atoms with Gasteiger partial charge < -0.3 is 10.2 Å². The van der Waals surface area contributed by atoms with Crippen molar-refractivity contribution < 1.29 is 9.59 Å². The van der Waals surface area contributed by atoms with Crippen molar-refractivity contribution in [2.75, 3.05) is 0 Å². The summed E-state index contributed by atoms with van der Waals surface area (Å²) in [6.45, 7) is 8.89. The molecule has 166 valence electrons. The summed E-state index contributed by atoms with van der Waals surface area (Å²) < 4.78 is 1.74. The molecule has 0 unspecified atom stereocenters. The molecule has 0 bridgehead atoms. The van der Waals surface area contributed by atoms with E-state index in [4.69, 9.17) is 5.10 Å². The molecular formula is C25H34N4O2. The quantitative estimate of drug-likeness (QED) is 0.808. The van der Waals surface area contributed by atoms with Crippen molar-refractivity contribution in [2.45, 2.75) is 89.9 Å². The molecule has 2 aromatic rings. The lowest BCUT2D eigenvalue weighted by atomic mass is 9.90. The van der Waals surface area contributed by atoms with E-state index < -0.39 is 5.54 Å². The first-order valence-electron chi connectivity index (χ1n) is 11.4. The molecule has 1 aliphatic carbocycles. The minimum Gasteiger partial charge on any atom is -0.351 e. The zero-order valence-corrected chi connectivity index (χ0v) is 19.1. The van der Waals surface area contributed by atoms with Gasteiger partial charge in [0.2, 0.25) is 5.91 Å². The molecule has 1 aromatic carbocycles. The van der Waals surface area contributed by atoms with Gasteiger partial charge in [-0.05, 0) is 31.4 Å². The summed E-state index contributed by atoms with van der Waals surface area (Å²) in [5.74, 6) is -0.221. The van der Waals surface area contributed by atoms with Crippen LogP contribution in [-0.4, -0.2) is 38.1 Å². The Morgan fingerprint density at radius 3 is 2.48 bits per heavy atom. The lowest BCUT2D eigenvalue weighted by Crippen LogP contribution is -2.64. The molecule has 1 atom stereocenters. The zero-order chi connectivity index (χ0) is 22.2. The minimum absolute atomic E-state index is 0.0814. The second-order valence-electron chi connectivity index (χ2n) is 10.3. The Balaban J connectivity index is 1.69. The topological polar surface area (TPSA) is 67.2 Å². The zero-order valence-electron chi connectivity index (χ0n) is 19.1. The summed E-state index contributed by atoms with van der Waals surface area (Å²) in [7, 11) is 0. The first-order valence-corrected chi connectivity index (χ1v) is 11.4. The van der Waals surface area contributed by atoms with Gasteiger partial charge in [0, 0.05) is 18.0 Å². The van der Waals surface area contributed by atoms with E-state index in [0.717, 1.165) is 36.9 Å². The second-order valence-corrected chi connectivity index (χ2v) is 10.3. The third kappa shape index (κ3) is 4.25. The van der Waals surface area contributed by atoms with E-state index in [2.05, 4.69) is 26.1 Å². The maximum absolute atomic E-state index is 13.7. The van der Waals surface area contributed by atoms with Gasteiger partial charge in [0.15, 0.2) is 0 Å². The van der Waals surface area contributed by atoms with E-state index in [1.165, 1.54) is 6.42 Å². The Labute approximate surface area is 185 Å². The van der Waals surface area contributed by atoms with E-state index in [9.17, 15) is 9.59 Å². The SMILES string of the molecule is CC(C)(C)c1cc2n(n1)C[C@](C)(C(=O)NC1CCCCC1)N(Cc1ccccc1)C2=O. The van der Waals surface area contributed by atoms with Crippen LogP contribution in [0.15, 0.2) is 36.4 Å². The van der Waals surface area contributed by atoms with Crippen LogP contribution in [0.1, 0.15) is 81.5 Å². The van der Waals surface area contributed by atoms with Gasteiger partial charge in [-0.1, -0.05) is 70.4 Å². The van der Waals surface area contributed by atoms with Gasteiger partial charge in [-0.3, -0.25) is 14.3 Å². The molecule has 0 spiro atoms. The highest BCUT2D eigenvalue weighted by Gasteiger charge is 2.48. The second kappa shape index (κ2) is 8.13. The maximum atomic E-state index is 13.7. The molecule has 0 radical (unpaired) electrons. The number of nitrogens with one attached hydrogen (secondary N) is 1. The van der Waals surface area contributed by atoms with Gasteiger partial charge in [0.25, 0.3) is 5.91 Å². The lowest BCUT2D eigenvalue weighted by Gasteiger charge is -2.44. The predicted octanol–water partition coefficient (Wildman–Crippen LogP) is 4.04. The van der Waals surface area contributed by atoms with Crippen LogP contribution in [0.25, 0.3) is 0 Å². The minimum atomic E-state index is -1.00. The van der Waals surface area contributed by atoms with Crippen molar-refractivity contribution in [3.05, 3.63) is 53.3 Å². The Hall–Kier alpha value is -2.63. The van der Waals surface area contributed by atoms with Gasteiger partial charge in [-0.25, -0.2) is 0 Å². The van der Waals surface area contributed by atoms with Crippen molar-refractivity contribution in [1.82, 2.24) is 20.0 Å². The fourth-order valence-electron chi connectivity index (χ4n) is 4.61. The molecular weight excluding hydrogens is 388 g/mol. The number of hydrogen-bond acceptors (Lipinski definition) is 3. The molecule has 1 aliphatic heterocycles. The van der Waals surface area contributed by atoms with Crippen LogP contribution >= 0.6 is 0 Å². The molecule has 2 amide bonds. The van der Waals surface area contributed by atoms with Gasteiger partial charge in [-0.2, -0.15) is 5.10 Å². The third-order valence-electron chi connectivity index (χ3n) is 6.68. The molecule has 1 fully saturated rings. The van der Waals surface area contributed by atoms with Crippen LogP contribution in [0.2, 0.25) is 0 Å². The first-order chi connectivity index (χ1) is 14.7. The van der Waals surface area contributed by atoms with E-state index in [1.807, 2.05) is 43.3 Å². The van der Waals surface area contributed by atoms with Crippen LogP contribution in [0.5, 0.6) is 0 Å². The van der Waals surface area contributed by atoms with Crippen LogP contribution in [0.4, 0.5) is 0 Å². The van der Waals surface area contributed by atoms with Gasteiger partial charge in [0.1, 0.15) is 11.2 Å². The number of carbonyl (C=O) groups is 2. The van der Waals surface area contributed by atoms with Crippen molar-refractivity contribution in [3.8, 4) is 0 Å². The molecule has 31 heavy (non-hydrogen) atoms. The molecule has 1 saturated carbocycles. The number of benzene rings is 1. The summed E-state index contributed by atoms with van der Waals surface area (Å²) in [4.78, 5) is 29.0. The number of aromatic nitrogens is 2. The summed E-state index contributed by atoms with van der Waals surface area (Å²) in [6, 6.07) is 12.0. The number of carbonyl (C=O) groups excluding carboxylic acids is 2. The highest BCUT2D eigenvalue weighted by Crippen LogP contribution is 2.32. The number of nitrogens with zero attached hydrogens (tertiary/aromatic N) is 3. The molecule has 1 N–H and O–H groups in total. The Morgan fingerprint density at radius 1 is 1.16 bits per heavy atom. The number of fused-ring (bicyclic) bond motifs is 1. The van der Waals surface area contributed by atoms with Crippen LogP contribution in [0.3, 0.4) is 0 Å². The highest BCUT2D eigenvalue weighted by atomic mass is 16.2. The summed E-state index contributed by atoms with van der Waals surface area (Å²) in [6.07, 6.45) is 5.54. The average Bonchev–Trinajstić information content (AvgIpc) is 3.17. The molecule has 2 aliphatic rings. The van der Waals surface area contributed by atoms with Crippen LogP contribution < -0.4 is 5.32 Å². The van der Waals surface area contributed by atoms with Crippen LogP contribution in [-0.2, 0) is 23.3 Å². The molecule has 4 rings (SSSR count). The molecule has 1 aromatic heterocycles. The predicted molar refractivity (Wildman–Crippen MR) is 121 cm³/mol. The smallest absolute Gasteiger partial charge is 0.273 e. The van der Waals surface area contributed by atoms with E-state index in [1.54, 1.807) is 9.58 Å². The summed E-state index contributed by atoms with van der Waals surface area (Å²) >= 11 is 0. The number of rotatable bonds is 4. The normalized spacial score (nSPS) is 22.3. The summed E-state index contributed by atoms with van der Waals surface area (Å²) in [5.41, 5.74) is 1.27. The largest absolute Gasteiger partial charge is 0.351 e. The molecule has 2 heterocycles. The monoisotopic (exact) mass is 422 g/mol. The Morgan fingerprint density at radius 2 is 1.84 bits per heavy atom. The van der Waals surface area contributed by atoms with Gasteiger partial charge in [0.05, 0.1) is 12.2 Å². The third-order valence-corrected chi connectivity index (χ3v) is 6.68. The number of amides is 2. The standard InChI is InChI=1S/C25H34N4O2/c1-24(2,3)21-15-20-22(30)28(16-18-11-7-5-8-12-18)25(4,17-29(20)27-21)23(31)26-19-13-9-6-10-14-19/h5,7-8,11-12,15,19H,6,9-10,13-14,16-17H2,1-4H3,(H,26,31)/t25-/m1/s1.